The second kappa shape index (κ2) is 4.83. The smallest absolute Gasteiger partial charge is 0.308 e. The summed E-state index contributed by atoms with van der Waals surface area (Å²) in [6, 6.07) is 9.12. The van der Waals surface area contributed by atoms with E-state index in [2.05, 4.69) is 10.2 Å². The van der Waals surface area contributed by atoms with Gasteiger partial charge in [0.2, 0.25) is 0 Å². The molecule has 0 bridgehead atoms. The molecule has 0 aliphatic carbocycles. The van der Waals surface area contributed by atoms with Gasteiger partial charge in [-0.1, -0.05) is 29.8 Å². The van der Waals surface area contributed by atoms with Crippen LogP contribution in [0.15, 0.2) is 35.1 Å². The maximum Gasteiger partial charge on any atom is 0.308 e. The number of benzene rings is 1. The Morgan fingerprint density at radius 1 is 1.33 bits per heavy atom. The number of hydrogen-bond acceptors (Lipinski definition) is 3. The number of aryl methyl sites for hydroxylation is 1. The summed E-state index contributed by atoms with van der Waals surface area (Å²) in [6.07, 6.45) is -0.309. The van der Waals surface area contributed by atoms with Crippen LogP contribution in [0.1, 0.15) is 11.1 Å². The molecule has 0 saturated heterocycles. The zero-order valence-electron chi connectivity index (χ0n) is 9.80. The van der Waals surface area contributed by atoms with Crippen LogP contribution < -0.4 is 5.56 Å². The number of hydrogen-bond donors (Lipinski definition) is 2. The molecule has 2 rings (SSSR count). The third kappa shape index (κ3) is 2.63. The van der Waals surface area contributed by atoms with E-state index in [-0.39, 0.29) is 12.0 Å². The molecule has 1 heterocycles. The molecule has 1 aromatic heterocycles. The topological polar surface area (TPSA) is 83.0 Å². The number of carboxylic acid groups (broad SMARTS) is 1. The molecule has 0 saturated carbocycles. The number of H-pyrrole nitrogens is 1. The molecule has 0 spiro atoms. The van der Waals surface area contributed by atoms with Crippen LogP contribution in [-0.2, 0) is 11.2 Å². The Labute approximate surface area is 103 Å². The van der Waals surface area contributed by atoms with E-state index >= 15 is 0 Å². The van der Waals surface area contributed by atoms with Gasteiger partial charge in [0.05, 0.1) is 12.1 Å². The average Bonchev–Trinajstić information content (AvgIpc) is 2.32. The van der Waals surface area contributed by atoms with Crippen molar-refractivity contribution in [2.75, 3.05) is 0 Å². The Balaban J connectivity index is 2.43. The van der Waals surface area contributed by atoms with Gasteiger partial charge in [-0.2, -0.15) is 5.10 Å². The van der Waals surface area contributed by atoms with E-state index in [4.69, 9.17) is 5.11 Å². The molecule has 0 radical (unpaired) electrons. The van der Waals surface area contributed by atoms with Gasteiger partial charge in [-0.25, -0.2) is 5.10 Å². The number of nitrogens with one attached hydrogen (secondary N) is 1. The van der Waals surface area contributed by atoms with Crippen molar-refractivity contribution in [3.8, 4) is 11.3 Å². The molecular formula is C13H12N2O3. The van der Waals surface area contributed by atoms with Crippen molar-refractivity contribution in [3.63, 3.8) is 0 Å². The summed E-state index contributed by atoms with van der Waals surface area (Å²) in [4.78, 5) is 22.1. The molecule has 2 aromatic rings. The number of aromatic nitrogens is 2. The Morgan fingerprint density at radius 2 is 2.00 bits per heavy atom. The maximum absolute atomic E-state index is 11.4. The van der Waals surface area contributed by atoms with Gasteiger partial charge in [0.1, 0.15) is 0 Å². The van der Waals surface area contributed by atoms with E-state index in [0.29, 0.717) is 5.69 Å². The predicted octanol–water partition coefficient (Wildman–Crippen LogP) is 1.37. The van der Waals surface area contributed by atoms with E-state index in [1.807, 2.05) is 31.2 Å². The summed E-state index contributed by atoms with van der Waals surface area (Å²) in [5, 5.41) is 14.9. The maximum atomic E-state index is 11.4. The van der Waals surface area contributed by atoms with Gasteiger partial charge >= 0.3 is 5.97 Å². The highest BCUT2D eigenvalue weighted by Crippen LogP contribution is 2.16. The first-order chi connectivity index (χ1) is 8.56. The van der Waals surface area contributed by atoms with Crippen molar-refractivity contribution in [2.45, 2.75) is 13.3 Å². The number of aromatic amines is 1. The van der Waals surface area contributed by atoms with Crippen LogP contribution in [0.25, 0.3) is 11.3 Å². The molecule has 0 aliphatic rings. The van der Waals surface area contributed by atoms with Gasteiger partial charge in [-0.05, 0) is 13.0 Å². The van der Waals surface area contributed by atoms with Crippen LogP contribution in [0.5, 0.6) is 0 Å². The second-order valence-corrected chi connectivity index (χ2v) is 4.04. The molecule has 2 N–H and O–H groups in total. The van der Waals surface area contributed by atoms with Crippen molar-refractivity contribution in [2.24, 2.45) is 0 Å². The number of nitrogens with zero attached hydrogens (tertiary/aromatic N) is 1. The Hall–Kier alpha value is -2.43. The third-order valence-electron chi connectivity index (χ3n) is 2.57. The summed E-state index contributed by atoms with van der Waals surface area (Å²) in [6.45, 7) is 1.97. The highest BCUT2D eigenvalue weighted by molar-refractivity contribution is 5.71. The normalized spacial score (nSPS) is 10.3. The lowest BCUT2D eigenvalue weighted by Gasteiger charge is -2.02. The highest BCUT2D eigenvalue weighted by Gasteiger charge is 2.08. The second-order valence-electron chi connectivity index (χ2n) is 4.04. The van der Waals surface area contributed by atoms with Crippen LogP contribution in [0.2, 0.25) is 0 Å². The summed E-state index contributed by atoms with van der Waals surface area (Å²) >= 11 is 0. The molecule has 18 heavy (non-hydrogen) atoms. The van der Waals surface area contributed by atoms with Gasteiger partial charge in [0, 0.05) is 11.1 Å². The van der Waals surface area contributed by atoms with Gasteiger partial charge in [0.25, 0.3) is 5.56 Å². The molecule has 1 aromatic carbocycles. The number of carbonyl (C=O) groups is 1. The summed E-state index contributed by atoms with van der Waals surface area (Å²) < 4.78 is 0. The average molecular weight is 244 g/mol. The van der Waals surface area contributed by atoms with Crippen molar-refractivity contribution >= 4 is 5.97 Å². The molecule has 5 nitrogen and oxygen atoms in total. The van der Waals surface area contributed by atoms with Crippen LogP contribution in [0, 0.1) is 6.92 Å². The first kappa shape index (κ1) is 12.0. The fraction of sp³-hybridized carbons (Fsp3) is 0.154. The Morgan fingerprint density at radius 3 is 2.61 bits per heavy atom. The molecule has 5 heteroatoms. The van der Waals surface area contributed by atoms with Crippen LogP contribution >= 0.6 is 0 Å². The molecule has 0 atom stereocenters. The monoisotopic (exact) mass is 244 g/mol. The number of carboxylic acids is 1. The fourth-order valence-corrected chi connectivity index (χ4v) is 1.61. The van der Waals surface area contributed by atoms with Gasteiger partial charge < -0.3 is 5.11 Å². The largest absolute Gasteiger partial charge is 0.481 e. The summed E-state index contributed by atoms with van der Waals surface area (Å²) in [5.74, 6) is -1.04. The van der Waals surface area contributed by atoms with Gasteiger partial charge in [-0.3, -0.25) is 9.59 Å². The fourth-order valence-electron chi connectivity index (χ4n) is 1.61. The van der Waals surface area contributed by atoms with Gasteiger partial charge in [0.15, 0.2) is 0 Å². The molecule has 0 unspecified atom stereocenters. The lowest BCUT2D eigenvalue weighted by atomic mass is 10.1. The van der Waals surface area contributed by atoms with Crippen molar-refractivity contribution in [3.05, 3.63) is 51.8 Å². The standard InChI is InChI=1S/C13H12N2O3/c1-8-2-4-9(5-3-8)11-6-10(7-12(16)17)13(18)15-14-11/h2-6H,7H2,1H3,(H,15,18)(H,16,17). The minimum Gasteiger partial charge on any atom is -0.481 e. The first-order valence-corrected chi connectivity index (χ1v) is 5.43. The van der Waals surface area contributed by atoms with Gasteiger partial charge in [-0.15, -0.1) is 0 Å². The first-order valence-electron chi connectivity index (χ1n) is 5.43. The highest BCUT2D eigenvalue weighted by atomic mass is 16.4. The minimum atomic E-state index is -1.04. The van der Waals surface area contributed by atoms with E-state index in [1.165, 1.54) is 6.07 Å². The van der Waals surface area contributed by atoms with E-state index in [0.717, 1.165) is 11.1 Å². The lowest BCUT2D eigenvalue weighted by Crippen LogP contribution is -2.17. The molecular weight excluding hydrogens is 232 g/mol. The summed E-state index contributed by atoms with van der Waals surface area (Å²) in [5.41, 5.74) is 2.25. The quantitative estimate of drug-likeness (QED) is 0.854. The SMILES string of the molecule is Cc1ccc(-c2cc(CC(=O)O)c(=O)[nH]n2)cc1. The van der Waals surface area contributed by atoms with E-state index in [9.17, 15) is 9.59 Å². The van der Waals surface area contributed by atoms with E-state index in [1.54, 1.807) is 0 Å². The van der Waals surface area contributed by atoms with Crippen LogP contribution in [-0.4, -0.2) is 21.3 Å². The molecule has 92 valence electrons. The molecule has 0 fully saturated rings. The zero-order valence-corrected chi connectivity index (χ0v) is 9.80. The molecule has 0 amide bonds. The third-order valence-corrected chi connectivity index (χ3v) is 2.57. The minimum absolute atomic E-state index is 0.202. The number of aliphatic carboxylic acids is 1. The lowest BCUT2D eigenvalue weighted by molar-refractivity contribution is -0.136. The van der Waals surface area contributed by atoms with Crippen LogP contribution in [0.4, 0.5) is 0 Å². The van der Waals surface area contributed by atoms with Crippen molar-refractivity contribution in [1.82, 2.24) is 10.2 Å². The number of rotatable bonds is 3. The van der Waals surface area contributed by atoms with E-state index < -0.39 is 11.5 Å². The van der Waals surface area contributed by atoms with Crippen LogP contribution in [0.3, 0.4) is 0 Å². The molecule has 0 aliphatic heterocycles. The Bertz CT molecular complexity index is 629. The predicted molar refractivity (Wildman–Crippen MR) is 66.4 cm³/mol. The van der Waals surface area contributed by atoms with Crippen molar-refractivity contribution in [1.29, 1.82) is 0 Å². The zero-order chi connectivity index (χ0) is 13.1. The summed E-state index contributed by atoms with van der Waals surface area (Å²) in [7, 11) is 0. The Kier molecular flexibility index (Phi) is 3.23. The van der Waals surface area contributed by atoms with Crippen molar-refractivity contribution < 1.29 is 9.90 Å².